The van der Waals surface area contributed by atoms with Crippen molar-refractivity contribution >= 4 is 10.9 Å². The maximum atomic E-state index is 9.83. The molecule has 1 heterocycles. The van der Waals surface area contributed by atoms with E-state index in [-0.39, 0.29) is 6.61 Å². The number of ether oxygens (including phenoxy) is 1. The van der Waals surface area contributed by atoms with E-state index in [0.29, 0.717) is 12.5 Å². The van der Waals surface area contributed by atoms with Crippen LogP contribution in [0.5, 0.6) is 5.75 Å². The van der Waals surface area contributed by atoms with Gasteiger partial charge in [-0.1, -0.05) is 19.9 Å². The SMILES string of the molecule is CC(C)CNCC(O)COc1ccc2cccnc2c1. The zero-order chi connectivity index (χ0) is 14.4. The van der Waals surface area contributed by atoms with Gasteiger partial charge in [0.1, 0.15) is 18.5 Å². The van der Waals surface area contributed by atoms with Crippen molar-refractivity contribution in [3.8, 4) is 5.75 Å². The minimum atomic E-state index is -0.506. The highest BCUT2D eigenvalue weighted by atomic mass is 16.5. The lowest BCUT2D eigenvalue weighted by molar-refractivity contribution is 0.106. The van der Waals surface area contributed by atoms with Gasteiger partial charge in [0.05, 0.1) is 5.52 Å². The van der Waals surface area contributed by atoms with E-state index in [1.807, 2.05) is 30.3 Å². The van der Waals surface area contributed by atoms with Gasteiger partial charge in [0.15, 0.2) is 0 Å². The number of hydrogen-bond acceptors (Lipinski definition) is 4. The lowest BCUT2D eigenvalue weighted by atomic mass is 10.2. The molecule has 1 aromatic heterocycles. The van der Waals surface area contributed by atoms with E-state index in [1.165, 1.54) is 0 Å². The third kappa shape index (κ3) is 4.47. The Balaban J connectivity index is 1.83. The number of pyridine rings is 1. The van der Waals surface area contributed by atoms with Crippen LogP contribution in [0, 0.1) is 5.92 Å². The molecule has 0 saturated carbocycles. The van der Waals surface area contributed by atoms with E-state index in [9.17, 15) is 5.11 Å². The van der Waals surface area contributed by atoms with Gasteiger partial charge in [0.25, 0.3) is 0 Å². The Morgan fingerprint density at radius 2 is 2.10 bits per heavy atom. The molecule has 0 saturated heterocycles. The smallest absolute Gasteiger partial charge is 0.121 e. The number of nitrogens with one attached hydrogen (secondary N) is 1. The van der Waals surface area contributed by atoms with Crippen LogP contribution in [0.3, 0.4) is 0 Å². The number of rotatable bonds is 7. The normalized spacial score (nSPS) is 12.8. The van der Waals surface area contributed by atoms with Crippen LogP contribution in [0.1, 0.15) is 13.8 Å². The molecule has 2 rings (SSSR count). The fourth-order valence-electron chi connectivity index (χ4n) is 1.93. The minimum Gasteiger partial charge on any atom is -0.491 e. The molecule has 0 radical (unpaired) electrons. The van der Waals surface area contributed by atoms with Crippen LogP contribution < -0.4 is 10.1 Å². The summed E-state index contributed by atoms with van der Waals surface area (Å²) in [5.74, 6) is 1.31. The number of benzene rings is 1. The molecule has 2 aromatic rings. The first kappa shape index (κ1) is 14.8. The number of aromatic nitrogens is 1. The fourth-order valence-corrected chi connectivity index (χ4v) is 1.93. The predicted molar refractivity (Wildman–Crippen MR) is 81.0 cm³/mol. The molecule has 0 amide bonds. The minimum absolute atomic E-state index is 0.281. The number of hydrogen-bond donors (Lipinski definition) is 2. The zero-order valence-corrected chi connectivity index (χ0v) is 12.0. The van der Waals surface area contributed by atoms with Gasteiger partial charge < -0.3 is 15.2 Å². The fraction of sp³-hybridized carbons (Fsp3) is 0.438. The average molecular weight is 274 g/mol. The van der Waals surface area contributed by atoms with Gasteiger partial charge in [-0.25, -0.2) is 0 Å². The van der Waals surface area contributed by atoms with Crippen molar-refractivity contribution in [1.82, 2.24) is 10.3 Å². The Kier molecular flexibility index (Phi) is 5.32. The van der Waals surface area contributed by atoms with Crippen molar-refractivity contribution in [2.75, 3.05) is 19.7 Å². The Bertz CT molecular complexity index is 543. The van der Waals surface area contributed by atoms with E-state index in [1.54, 1.807) is 6.20 Å². The molecule has 2 N–H and O–H groups in total. The van der Waals surface area contributed by atoms with Gasteiger partial charge in [0, 0.05) is 24.2 Å². The molecule has 1 unspecified atom stereocenters. The second kappa shape index (κ2) is 7.22. The Labute approximate surface area is 119 Å². The molecule has 0 aliphatic carbocycles. The van der Waals surface area contributed by atoms with Gasteiger partial charge in [-0.2, -0.15) is 0 Å². The maximum absolute atomic E-state index is 9.83. The summed E-state index contributed by atoms with van der Waals surface area (Å²) in [6.45, 7) is 6.00. The highest BCUT2D eigenvalue weighted by Gasteiger charge is 2.06. The largest absolute Gasteiger partial charge is 0.491 e. The van der Waals surface area contributed by atoms with Gasteiger partial charge in [0.2, 0.25) is 0 Å². The molecule has 0 bridgehead atoms. The van der Waals surface area contributed by atoms with Crippen molar-refractivity contribution in [1.29, 1.82) is 0 Å². The molecule has 1 atom stereocenters. The van der Waals surface area contributed by atoms with Gasteiger partial charge in [-0.3, -0.25) is 4.98 Å². The van der Waals surface area contributed by atoms with E-state index >= 15 is 0 Å². The van der Waals surface area contributed by atoms with Crippen LogP contribution in [0.4, 0.5) is 0 Å². The molecule has 108 valence electrons. The summed E-state index contributed by atoms with van der Waals surface area (Å²) >= 11 is 0. The summed E-state index contributed by atoms with van der Waals surface area (Å²) in [6.07, 6.45) is 1.25. The highest BCUT2D eigenvalue weighted by Crippen LogP contribution is 2.18. The number of nitrogens with zero attached hydrogens (tertiary/aromatic N) is 1. The molecule has 0 spiro atoms. The van der Waals surface area contributed by atoms with Crippen LogP contribution in [0.15, 0.2) is 36.5 Å². The van der Waals surface area contributed by atoms with Crippen LogP contribution >= 0.6 is 0 Å². The van der Waals surface area contributed by atoms with E-state index in [2.05, 4.69) is 24.1 Å². The highest BCUT2D eigenvalue weighted by molar-refractivity contribution is 5.79. The van der Waals surface area contributed by atoms with Crippen LogP contribution in [0.25, 0.3) is 10.9 Å². The quantitative estimate of drug-likeness (QED) is 0.813. The van der Waals surface area contributed by atoms with Crippen molar-refractivity contribution in [3.63, 3.8) is 0 Å². The summed E-state index contributed by atoms with van der Waals surface area (Å²) in [6, 6.07) is 9.69. The molecule has 0 fully saturated rings. The summed E-state index contributed by atoms with van der Waals surface area (Å²) in [5, 5.41) is 14.1. The standard InChI is InChI=1S/C16H22N2O2/c1-12(2)9-17-10-14(19)11-20-15-6-5-13-4-3-7-18-16(13)8-15/h3-8,12,14,17,19H,9-11H2,1-2H3. The third-order valence-corrected chi connectivity index (χ3v) is 2.95. The summed E-state index contributed by atoms with van der Waals surface area (Å²) < 4.78 is 5.60. The molecular formula is C16H22N2O2. The third-order valence-electron chi connectivity index (χ3n) is 2.95. The first-order chi connectivity index (χ1) is 9.65. The predicted octanol–water partition coefficient (Wildman–Crippen LogP) is 2.22. The second-order valence-corrected chi connectivity index (χ2v) is 5.37. The summed E-state index contributed by atoms with van der Waals surface area (Å²) in [4.78, 5) is 4.28. The molecule has 4 heteroatoms. The second-order valence-electron chi connectivity index (χ2n) is 5.37. The zero-order valence-electron chi connectivity index (χ0n) is 12.0. The molecular weight excluding hydrogens is 252 g/mol. The van der Waals surface area contributed by atoms with Crippen LogP contribution in [0.2, 0.25) is 0 Å². The van der Waals surface area contributed by atoms with Crippen molar-refractivity contribution in [2.45, 2.75) is 20.0 Å². The molecule has 4 nitrogen and oxygen atoms in total. The number of fused-ring (bicyclic) bond motifs is 1. The van der Waals surface area contributed by atoms with Crippen molar-refractivity contribution < 1.29 is 9.84 Å². The topological polar surface area (TPSA) is 54.4 Å². The van der Waals surface area contributed by atoms with E-state index < -0.39 is 6.10 Å². The Morgan fingerprint density at radius 3 is 2.90 bits per heavy atom. The number of aliphatic hydroxyl groups excluding tert-OH is 1. The van der Waals surface area contributed by atoms with Gasteiger partial charge in [-0.15, -0.1) is 0 Å². The monoisotopic (exact) mass is 274 g/mol. The van der Waals surface area contributed by atoms with Crippen molar-refractivity contribution in [3.05, 3.63) is 36.5 Å². The molecule has 20 heavy (non-hydrogen) atoms. The maximum Gasteiger partial charge on any atom is 0.121 e. The average Bonchev–Trinajstić information content (AvgIpc) is 2.44. The van der Waals surface area contributed by atoms with Gasteiger partial charge >= 0.3 is 0 Å². The number of aliphatic hydroxyl groups is 1. The van der Waals surface area contributed by atoms with E-state index in [0.717, 1.165) is 23.2 Å². The van der Waals surface area contributed by atoms with Crippen molar-refractivity contribution in [2.24, 2.45) is 5.92 Å². The first-order valence-electron chi connectivity index (χ1n) is 7.01. The van der Waals surface area contributed by atoms with Crippen LogP contribution in [-0.4, -0.2) is 35.9 Å². The lowest BCUT2D eigenvalue weighted by Crippen LogP contribution is -2.33. The molecule has 0 aliphatic heterocycles. The summed E-state index contributed by atoms with van der Waals surface area (Å²) in [7, 11) is 0. The van der Waals surface area contributed by atoms with E-state index in [4.69, 9.17) is 4.74 Å². The van der Waals surface area contributed by atoms with Gasteiger partial charge in [-0.05, 0) is 30.7 Å². The Morgan fingerprint density at radius 1 is 1.25 bits per heavy atom. The van der Waals surface area contributed by atoms with Crippen LogP contribution in [-0.2, 0) is 0 Å². The molecule has 0 aliphatic rings. The first-order valence-corrected chi connectivity index (χ1v) is 7.01. The lowest BCUT2D eigenvalue weighted by Gasteiger charge is -2.14. The molecule has 1 aromatic carbocycles. The summed E-state index contributed by atoms with van der Waals surface area (Å²) in [5.41, 5.74) is 0.900. The Hall–Kier alpha value is -1.65.